The van der Waals surface area contributed by atoms with E-state index < -0.39 is 22.0 Å². The number of carboxylic acids is 1. The summed E-state index contributed by atoms with van der Waals surface area (Å²) in [6.07, 6.45) is 1.04. The third-order valence-electron chi connectivity index (χ3n) is 1.50. The van der Waals surface area contributed by atoms with Crippen molar-refractivity contribution in [1.82, 2.24) is 9.71 Å². The van der Waals surface area contributed by atoms with Crippen molar-refractivity contribution in [3.05, 3.63) is 16.1 Å². The Kier molecular flexibility index (Phi) is 3.42. The highest BCUT2D eigenvalue weighted by Gasteiger charge is 2.16. The van der Waals surface area contributed by atoms with E-state index >= 15 is 0 Å². The molecule has 0 saturated heterocycles. The molecule has 0 saturated carbocycles. The zero-order valence-corrected chi connectivity index (χ0v) is 9.72. The van der Waals surface area contributed by atoms with Gasteiger partial charge in [-0.3, -0.25) is 0 Å². The molecule has 8 heteroatoms. The molecule has 0 aliphatic rings. The minimum absolute atomic E-state index is 0.0721. The second kappa shape index (κ2) is 4.25. The van der Waals surface area contributed by atoms with Crippen molar-refractivity contribution in [1.29, 1.82) is 0 Å². The topological polar surface area (TPSA) is 96.4 Å². The molecule has 0 bridgehead atoms. The van der Waals surface area contributed by atoms with Gasteiger partial charge in [0.25, 0.3) is 0 Å². The molecule has 0 aliphatic carbocycles. The van der Waals surface area contributed by atoms with E-state index in [0.29, 0.717) is 5.01 Å². The van der Waals surface area contributed by atoms with Crippen molar-refractivity contribution < 1.29 is 18.3 Å². The molecule has 1 atom stereocenters. The number of hydrogen-bond acceptors (Lipinski definition) is 5. The van der Waals surface area contributed by atoms with E-state index in [4.69, 9.17) is 5.11 Å². The Labute approximate surface area is 91.0 Å². The standard InChI is InChI=1S/C7H10N2O4S2/c1-4(9-15(2,12)13)6-8-5(3-14-6)7(10)11/h3-4,9H,1-2H3,(H,10,11). The first-order chi connectivity index (χ1) is 6.79. The fourth-order valence-corrected chi connectivity index (χ4v) is 2.58. The number of nitrogens with one attached hydrogen (secondary N) is 1. The largest absolute Gasteiger partial charge is 0.476 e. The number of carbonyl (C=O) groups is 1. The van der Waals surface area contributed by atoms with E-state index in [9.17, 15) is 13.2 Å². The van der Waals surface area contributed by atoms with E-state index in [1.807, 2.05) is 0 Å². The first kappa shape index (κ1) is 12.1. The molecule has 0 amide bonds. The SMILES string of the molecule is CC(NS(C)(=O)=O)c1nc(C(=O)O)cs1. The predicted molar refractivity (Wildman–Crippen MR) is 55.5 cm³/mol. The first-order valence-electron chi connectivity index (χ1n) is 3.95. The fraction of sp³-hybridized carbons (Fsp3) is 0.429. The molecule has 1 unspecified atom stereocenters. The molecule has 1 rings (SSSR count). The van der Waals surface area contributed by atoms with Crippen molar-refractivity contribution in [2.45, 2.75) is 13.0 Å². The van der Waals surface area contributed by atoms with E-state index in [1.165, 1.54) is 5.38 Å². The molecule has 0 aromatic carbocycles. The van der Waals surface area contributed by atoms with Gasteiger partial charge in [0.05, 0.1) is 12.3 Å². The summed E-state index contributed by atoms with van der Waals surface area (Å²) in [5.41, 5.74) is -0.0721. The maximum absolute atomic E-state index is 10.9. The average molecular weight is 250 g/mol. The minimum Gasteiger partial charge on any atom is -0.476 e. The summed E-state index contributed by atoms with van der Waals surface area (Å²) in [5, 5.41) is 10.4. The molecule has 1 aromatic rings. The van der Waals surface area contributed by atoms with Crippen LogP contribution in [-0.4, -0.2) is 30.7 Å². The molecule has 6 nitrogen and oxygen atoms in total. The van der Waals surface area contributed by atoms with Gasteiger partial charge in [0, 0.05) is 5.38 Å². The summed E-state index contributed by atoms with van der Waals surface area (Å²) in [6, 6.07) is -0.516. The van der Waals surface area contributed by atoms with E-state index in [-0.39, 0.29) is 5.69 Å². The molecule has 0 fully saturated rings. The van der Waals surface area contributed by atoms with Crippen molar-refractivity contribution in [2.75, 3.05) is 6.26 Å². The Morgan fingerprint density at radius 1 is 1.67 bits per heavy atom. The van der Waals surface area contributed by atoms with E-state index in [1.54, 1.807) is 6.92 Å². The molecule has 15 heavy (non-hydrogen) atoms. The van der Waals surface area contributed by atoms with Crippen molar-refractivity contribution in [2.24, 2.45) is 0 Å². The van der Waals surface area contributed by atoms with Gasteiger partial charge in [0.1, 0.15) is 5.01 Å². The van der Waals surface area contributed by atoms with Crippen LogP contribution in [0.5, 0.6) is 0 Å². The lowest BCUT2D eigenvalue weighted by atomic mass is 10.4. The van der Waals surface area contributed by atoms with Crippen LogP contribution in [0, 0.1) is 0 Å². The molecule has 0 radical (unpaired) electrons. The van der Waals surface area contributed by atoms with Gasteiger partial charge < -0.3 is 5.11 Å². The molecule has 0 aliphatic heterocycles. The number of nitrogens with zero attached hydrogens (tertiary/aromatic N) is 1. The number of aromatic carboxylic acids is 1. The molecule has 0 spiro atoms. The van der Waals surface area contributed by atoms with Gasteiger partial charge in [-0.25, -0.2) is 22.9 Å². The lowest BCUT2D eigenvalue weighted by molar-refractivity contribution is 0.0691. The zero-order valence-electron chi connectivity index (χ0n) is 8.09. The normalized spacial score (nSPS) is 13.7. The van der Waals surface area contributed by atoms with Crippen LogP contribution >= 0.6 is 11.3 Å². The van der Waals surface area contributed by atoms with Crippen LogP contribution in [-0.2, 0) is 10.0 Å². The Morgan fingerprint density at radius 2 is 2.27 bits per heavy atom. The van der Waals surface area contributed by atoms with Gasteiger partial charge in [-0.05, 0) is 6.92 Å². The van der Waals surface area contributed by atoms with Gasteiger partial charge in [0.2, 0.25) is 10.0 Å². The third-order valence-corrected chi connectivity index (χ3v) is 3.31. The Bertz CT molecular complexity index is 465. The van der Waals surface area contributed by atoms with Crippen LogP contribution in [0.1, 0.15) is 28.5 Å². The summed E-state index contributed by atoms with van der Waals surface area (Å²) >= 11 is 1.11. The summed E-state index contributed by atoms with van der Waals surface area (Å²) in [6.45, 7) is 1.60. The molecule has 1 heterocycles. The number of rotatable bonds is 4. The predicted octanol–water partition coefficient (Wildman–Crippen LogP) is 0.452. The van der Waals surface area contributed by atoms with Gasteiger partial charge in [0.15, 0.2) is 5.69 Å². The maximum atomic E-state index is 10.9. The number of sulfonamides is 1. The van der Waals surface area contributed by atoms with Gasteiger partial charge >= 0.3 is 5.97 Å². The Hall–Kier alpha value is -0.990. The molecule has 2 N–H and O–H groups in total. The highest BCUT2D eigenvalue weighted by molar-refractivity contribution is 7.88. The fourth-order valence-electron chi connectivity index (χ4n) is 0.956. The quantitative estimate of drug-likeness (QED) is 0.808. The van der Waals surface area contributed by atoms with Crippen LogP contribution in [0.4, 0.5) is 0 Å². The molecule has 1 aromatic heterocycles. The van der Waals surface area contributed by atoms with E-state index in [0.717, 1.165) is 17.6 Å². The highest BCUT2D eigenvalue weighted by Crippen LogP contribution is 2.18. The maximum Gasteiger partial charge on any atom is 0.355 e. The van der Waals surface area contributed by atoms with Gasteiger partial charge in [-0.15, -0.1) is 11.3 Å². The zero-order chi connectivity index (χ0) is 11.6. The molecule has 84 valence electrons. The molecular formula is C7H10N2O4S2. The number of thiazole rings is 1. The van der Waals surface area contributed by atoms with Crippen molar-refractivity contribution in [3.8, 4) is 0 Å². The lowest BCUT2D eigenvalue weighted by Crippen LogP contribution is -2.25. The van der Waals surface area contributed by atoms with Gasteiger partial charge in [-0.1, -0.05) is 0 Å². The minimum atomic E-state index is -3.31. The average Bonchev–Trinajstić information content (AvgIpc) is 2.47. The van der Waals surface area contributed by atoms with Crippen molar-refractivity contribution in [3.63, 3.8) is 0 Å². The van der Waals surface area contributed by atoms with Crippen LogP contribution in [0.25, 0.3) is 0 Å². The number of carboxylic acid groups (broad SMARTS) is 1. The van der Waals surface area contributed by atoms with Crippen molar-refractivity contribution >= 4 is 27.3 Å². The monoisotopic (exact) mass is 250 g/mol. The summed E-state index contributed by atoms with van der Waals surface area (Å²) in [5.74, 6) is -1.12. The summed E-state index contributed by atoms with van der Waals surface area (Å²) in [4.78, 5) is 14.3. The first-order valence-corrected chi connectivity index (χ1v) is 6.72. The van der Waals surface area contributed by atoms with Crippen LogP contribution in [0.2, 0.25) is 0 Å². The van der Waals surface area contributed by atoms with Gasteiger partial charge in [-0.2, -0.15) is 0 Å². The number of hydrogen-bond donors (Lipinski definition) is 2. The summed E-state index contributed by atoms with van der Waals surface area (Å²) < 4.78 is 24.1. The lowest BCUT2D eigenvalue weighted by Gasteiger charge is -2.07. The third kappa shape index (κ3) is 3.57. The second-order valence-corrected chi connectivity index (χ2v) is 5.66. The van der Waals surface area contributed by atoms with Crippen LogP contribution in [0.15, 0.2) is 5.38 Å². The second-order valence-electron chi connectivity index (χ2n) is 2.99. The highest BCUT2D eigenvalue weighted by atomic mass is 32.2. The Balaban J connectivity index is 2.83. The molecular weight excluding hydrogens is 240 g/mol. The number of aromatic nitrogens is 1. The summed E-state index contributed by atoms with van der Waals surface area (Å²) in [7, 11) is -3.31. The van der Waals surface area contributed by atoms with Crippen LogP contribution in [0.3, 0.4) is 0 Å². The van der Waals surface area contributed by atoms with E-state index in [2.05, 4.69) is 9.71 Å². The van der Waals surface area contributed by atoms with Crippen LogP contribution < -0.4 is 4.72 Å². The Morgan fingerprint density at radius 3 is 2.67 bits per heavy atom. The smallest absolute Gasteiger partial charge is 0.355 e.